The van der Waals surface area contributed by atoms with Gasteiger partial charge in [0.2, 0.25) is 5.91 Å². The smallest absolute Gasteiger partial charge is 0.407 e. The molecule has 1 aliphatic carbocycles. The lowest BCUT2D eigenvalue weighted by Crippen LogP contribution is -2.38. The highest BCUT2D eigenvalue weighted by Gasteiger charge is 2.29. The number of carbonyl (C=O) groups excluding carboxylic acids is 2. The van der Waals surface area contributed by atoms with E-state index in [4.69, 9.17) is 9.84 Å². The van der Waals surface area contributed by atoms with Gasteiger partial charge in [0.05, 0.1) is 5.75 Å². The number of aliphatic carboxylic acids is 1. The van der Waals surface area contributed by atoms with Crippen molar-refractivity contribution >= 4 is 29.7 Å². The molecule has 0 heterocycles. The van der Waals surface area contributed by atoms with Crippen LogP contribution in [0.4, 0.5) is 4.79 Å². The monoisotopic (exact) mass is 442 g/mol. The van der Waals surface area contributed by atoms with Crippen LogP contribution in [0, 0.1) is 0 Å². The molecule has 31 heavy (non-hydrogen) atoms. The quantitative estimate of drug-likeness (QED) is 0.488. The molecular weight excluding hydrogens is 416 g/mol. The summed E-state index contributed by atoms with van der Waals surface area (Å²) in [7, 11) is 0. The van der Waals surface area contributed by atoms with E-state index >= 15 is 0 Å². The zero-order valence-electron chi connectivity index (χ0n) is 17.3. The molecule has 2 aromatic rings. The minimum atomic E-state index is -0.878. The van der Waals surface area contributed by atoms with E-state index in [0.717, 1.165) is 11.1 Å². The molecule has 2 aromatic carbocycles. The Morgan fingerprint density at radius 2 is 1.68 bits per heavy atom. The topological polar surface area (TPSA) is 105 Å². The first-order valence-corrected chi connectivity index (χ1v) is 11.3. The number of thioether (sulfide) groups is 1. The Kier molecular flexibility index (Phi) is 7.94. The third-order valence-corrected chi connectivity index (χ3v) is 5.94. The molecule has 0 radical (unpaired) electrons. The highest BCUT2D eigenvalue weighted by atomic mass is 32.2. The van der Waals surface area contributed by atoms with Gasteiger partial charge in [0.1, 0.15) is 6.61 Å². The van der Waals surface area contributed by atoms with Crippen LogP contribution >= 0.6 is 11.8 Å². The number of alkyl carbamates (subject to hydrolysis) is 1. The molecule has 7 nitrogen and oxygen atoms in total. The number of carboxylic acid groups (broad SMARTS) is 1. The molecule has 0 spiro atoms. The molecule has 0 aliphatic heterocycles. The maximum absolute atomic E-state index is 12.3. The van der Waals surface area contributed by atoms with Crippen molar-refractivity contribution in [3.8, 4) is 11.1 Å². The minimum absolute atomic E-state index is 0.00954. The van der Waals surface area contributed by atoms with E-state index in [0.29, 0.717) is 12.3 Å². The van der Waals surface area contributed by atoms with Gasteiger partial charge in [0, 0.05) is 30.7 Å². The van der Waals surface area contributed by atoms with Gasteiger partial charge in [-0.25, -0.2) is 4.79 Å². The van der Waals surface area contributed by atoms with Crippen LogP contribution in [0.1, 0.15) is 30.4 Å². The number of carboxylic acids is 1. The van der Waals surface area contributed by atoms with Crippen LogP contribution in [-0.4, -0.2) is 53.8 Å². The summed E-state index contributed by atoms with van der Waals surface area (Å²) in [5.74, 6) is -0.568. The lowest BCUT2D eigenvalue weighted by atomic mass is 9.98. The molecular formula is C23H26N2O5S. The van der Waals surface area contributed by atoms with E-state index in [1.165, 1.54) is 22.9 Å². The van der Waals surface area contributed by atoms with Gasteiger partial charge >= 0.3 is 12.1 Å². The average Bonchev–Trinajstić information content (AvgIpc) is 3.05. The molecule has 0 aromatic heterocycles. The summed E-state index contributed by atoms with van der Waals surface area (Å²) in [4.78, 5) is 34.6. The summed E-state index contributed by atoms with van der Waals surface area (Å²) < 4.78 is 5.49. The van der Waals surface area contributed by atoms with E-state index in [1.54, 1.807) is 6.92 Å². The van der Waals surface area contributed by atoms with Crippen molar-refractivity contribution in [2.75, 3.05) is 24.7 Å². The highest BCUT2D eigenvalue weighted by Crippen LogP contribution is 2.44. The van der Waals surface area contributed by atoms with Gasteiger partial charge in [-0.3, -0.25) is 9.59 Å². The third kappa shape index (κ3) is 6.24. The summed E-state index contributed by atoms with van der Waals surface area (Å²) in [6.45, 7) is 2.34. The molecule has 8 heteroatoms. The zero-order chi connectivity index (χ0) is 22.2. The number of hydrogen-bond acceptors (Lipinski definition) is 5. The molecule has 164 valence electrons. The average molecular weight is 443 g/mol. The van der Waals surface area contributed by atoms with Crippen LogP contribution in [0.3, 0.4) is 0 Å². The number of rotatable bonds is 10. The second-order valence-electron chi connectivity index (χ2n) is 7.37. The second-order valence-corrected chi connectivity index (χ2v) is 8.48. The van der Waals surface area contributed by atoms with Crippen LogP contribution in [0.5, 0.6) is 0 Å². The van der Waals surface area contributed by atoms with Crippen molar-refractivity contribution < 1.29 is 24.2 Å². The number of hydrogen-bond donors (Lipinski definition) is 3. The van der Waals surface area contributed by atoms with Crippen molar-refractivity contribution in [3.63, 3.8) is 0 Å². The Balaban J connectivity index is 1.43. The van der Waals surface area contributed by atoms with Crippen molar-refractivity contribution in [1.29, 1.82) is 0 Å². The van der Waals surface area contributed by atoms with Gasteiger partial charge in [0.15, 0.2) is 0 Å². The Labute approximate surface area is 185 Å². The third-order valence-electron chi connectivity index (χ3n) is 4.99. The summed E-state index contributed by atoms with van der Waals surface area (Å²) >= 11 is 1.24. The largest absolute Gasteiger partial charge is 0.481 e. The van der Waals surface area contributed by atoms with Crippen molar-refractivity contribution in [2.45, 2.75) is 25.3 Å². The number of ether oxygens (including phenoxy) is 1. The SMILES string of the molecule is CC(CC(=O)NCCSCC(=O)O)NC(=O)OCC1c2ccccc2-c2ccccc21. The molecule has 0 saturated carbocycles. The minimum Gasteiger partial charge on any atom is -0.481 e. The summed E-state index contributed by atoms with van der Waals surface area (Å²) in [5.41, 5.74) is 4.62. The van der Waals surface area contributed by atoms with Crippen molar-refractivity contribution in [3.05, 3.63) is 59.7 Å². The van der Waals surface area contributed by atoms with E-state index < -0.39 is 12.1 Å². The zero-order valence-corrected chi connectivity index (χ0v) is 18.1. The first kappa shape index (κ1) is 22.7. The van der Waals surface area contributed by atoms with E-state index in [9.17, 15) is 14.4 Å². The maximum Gasteiger partial charge on any atom is 0.407 e. The number of amides is 2. The lowest BCUT2D eigenvalue weighted by molar-refractivity contribution is -0.133. The van der Waals surface area contributed by atoms with Crippen LogP contribution in [0.2, 0.25) is 0 Å². The van der Waals surface area contributed by atoms with Gasteiger partial charge < -0.3 is 20.5 Å². The molecule has 0 fully saturated rings. The highest BCUT2D eigenvalue weighted by molar-refractivity contribution is 7.99. The van der Waals surface area contributed by atoms with Crippen LogP contribution in [-0.2, 0) is 14.3 Å². The fourth-order valence-corrected chi connectivity index (χ4v) is 4.23. The number of carbonyl (C=O) groups is 3. The molecule has 0 saturated heterocycles. The molecule has 2 amide bonds. The second kappa shape index (κ2) is 10.9. The molecule has 3 rings (SSSR count). The summed E-state index contributed by atoms with van der Waals surface area (Å²) in [6, 6.07) is 15.9. The Bertz CT molecular complexity index is 904. The maximum atomic E-state index is 12.3. The van der Waals surface area contributed by atoms with Crippen molar-refractivity contribution in [1.82, 2.24) is 10.6 Å². The first-order valence-electron chi connectivity index (χ1n) is 10.1. The Morgan fingerprint density at radius 3 is 2.29 bits per heavy atom. The van der Waals surface area contributed by atoms with Gasteiger partial charge in [-0.15, -0.1) is 11.8 Å². The number of benzene rings is 2. The molecule has 3 N–H and O–H groups in total. The van der Waals surface area contributed by atoms with E-state index in [2.05, 4.69) is 34.9 Å². The molecule has 0 bridgehead atoms. The first-order chi connectivity index (χ1) is 15.0. The molecule has 1 aliphatic rings. The van der Waals surface area contributed by atoms with Gasteiger partial charge in [-0.05, 0) is 29.2 Å². The number of nitrogens with one attached hydrogen (secondary N) is 2. The van der Waals surface area contributed by atoms with Gasteiger partial charge in [-0.2, -0.15) is 0 Å². The van der Waals surface area contributed by atoms with Gasteiger partial charge in [0.25, 0.3) is 0 Å². The summed E-state index contributed by atoms with van der Waals surface area (Å²) in [6.07, 6.45) is -0.437. The summed E-state index contributed by atoms with van der Waals surface area (Å²) in [5, 5.41) is 14.0. The van der Waals surface area contributed by atoms with E-state index in [-0.39, 0.29) is 36.6 Å². The van der Waals surface area contributed by atoms with E-state index in [1.807, 2.05) is 24.3 Å². The number of fused-ring (bicyclic) bond motifs is 3. The van der Waals surface area contributed by atoms with Crippen LogP contribution < -0.4 is 10.6 Å². The standard InChI is InChI=1S/C23H26N2O5S/c1-15(12-21(26)24-10-11-31-14-22(27)28)25-23(29)30-13-20-18-8-4-2-6-16(18)17-7-3-5-9-19(17)20/h2-9,15,20H,10-14H2,1H3,(H,24,26)(H,25,29)(H,27,28). The Morgan fingerprint density at radius 1 is 1.06 bits per heavy atom. The lowest BCUT2D eigenvalue weighted by Gasteiger charge is -2.17. The predicted molar refractivity (Wildman–Crippen MR) is 120 cm³/mol. The van der Waals surface area contributed by atoms with Crippen LogP contribution in [0.15, 0.2) is 48.5 Å². The molecule has 1 unspecified atom stereocenters. The predicted octanol–water partition coefficient (Wildman–Crippen LogP) is 3.24. The van der Waals surface area contributed by atoms with Gasteiger partial charge in [-0.1, -0.05) is 48.5 Å². The van der Waals surface area contributed by atoms with Crippen molar-refractivity contribution in [2.24, 2.45) is 0 Å². The van der Waals surface area contributed by atoms with Crippen LogP contribution in [0.25, 0.3) is 11.1 Å². The fourth-order valence-electron chi connectivity index (χ4n) is 3.66. The normalized spacial score (nSPS) is 13.1. The fraction of sp³-hybridized carbons (Fsp3) is 0.348. The molecule has 1 atom stereocenters. The Hall–Kier alpha value is -3.00.